The fourth-order valence-corrected chi connectivity index (χ4v) is 3.64. The third kappa shape index (κ3) is 5.59. The number of aromatic nitrogens is 2. The SMILES string of the molecule is CC.CCOC(=O)C(C)(C)Cc1c(C)c2cc(OC)cnc2n1Cc1ccc(Cl)cc1. The van der Waals surface area contributed by atoms with Crippen molar-refractivity contribution in [2.75, 3.05) is 13.7 Å². The number of hydrogen-bond donors (Lipinski definition) is 0. The lowest BCUT2D eigenvalue weighted by Crippen LogP contribution is -2.30. The Morgan fingerprint density at radius 2 is 1.84 bits per heavy atom. The summed E-state index contributed by atoms with van der Waals surface area (Å²) in [6.07, 6.45) is 2.27. The van der Waals surface area contributed by atoms with Gasteiger partial charge in [0.05, 0.1) is 25.3 Å². The Hall–Kier alpha value is -2.53. The molecular weight excluding hydrogens is 412 g/mol. The highest BCUT2D eigenvalue weighted by Gasteiger charge is 2.32. The summed E-state index contributed by atoms with van der Waals surface area (Å²) < 4.78 is 12.8. The van der Waals surface area contributed by atoms with Crippen molar-refractivity contribution in [3.8, 4) is 5.75 Å². The molecule has 1 aromatic carbocycles. The number of halogens is 1. The average molecular weight is 445 g/mol. The zero-order valence-corrected chi connectivity index (χ0v) is 20.3. The predicted molar refractivity (Wildman–Crippen MR) is 127 cm³/mol. The van der Waals surface area contributed by atoms with Crippen LogP contribution in [0.1, 0.15) is 51.4 Å². The number of rotatable bonds is 7. The minimum absolute atomic E-state index is 0.201. The van der Waals surface area contributed by atoms with Gasteiger partial charge in [0.1, 0.15) is 11.4 Å². The van der Waals surface area contributed by atoms with Gasteiger partial charge in [-0.15, -0.1) is 0 Å². The van der Waals surface area contributed by atoms with Gasteiger partial charge in [-0.1, -0.05) is 37.6 Å². The Kier molecular flexibility index (Phi) is 8.52. The van der Waals surface area contributed by atoms with Gasteiger partial charge in [0.15, 0.2) is 0 Å². The smallest absolute Gasteiger partial charge is 0.311 e. The molecule has 3 aromatic rings. The molecule has 31 heavy (non-hydrogen) atoms. The molecule has 0 fully saturated rings. The van der Waals surface area contributed by atoms with Crippen LogP contribution < -0.4 is 4.74 Å². The van der Waals surface area contributed by atoms with Crippen LogP contribution >= 0.6 is 11.6 Å². The number of benzene rings is 1. The summed E-state index contributed by atoms with van der Waals surface area (Å²) in [7, 11) is 1.63. The van der Waals surface area contributed by atoms with Gasteiger partial charge in [0, 0.05) is 29.1 Å². The molecule has 0 aliphatic rings. The Balaban J connectivity index is 0.00000166. The minimum atomic E-state index is -0.656. The van der Waals surface area contributed by atoms with Crippen LogP contribution in [-0.4, -0.2) is 29.2 Å². The molecule has 0 atom stereocenters. The van der Waals surface area contributed by atoms with E-state index in [1.165, 1.54) is 0 Å². The Labute approximate surface area is 190 Å². The lowest BCUT2D eigenvalue weighted by molar-refractivity contribution is -0.153. The standard InChI is InChI=1S/C23H27ClN2O3.C2H6/c1-6-29-22(27)23(3,4)12-20-15(2)19-11-18(28-5)13-25-21(19)26(20)14-16-7-9-17(24)10-8-16;1-2/h7-11,13H,6,12,14H2,1-5H3;1-2H3. The average Bonchev–Trinajstić information content (AvgIpc) is 3.01. The van der Waals surface area contributed by atoms with Crippen LogP contribution in [0.3, 0.4) is 0 Å². The van der Waals surface area contributed by atoms with Gasteiger partial charge in [0.2, 0.25) is 0 Å². The number of fused-ring (bicyclic) bond motifs is 1. The molecule has 2 aromatic heterocycles. The second kappa shape index (κ2) is 10.7. The summed E-state index contributed by atoms with van der Waals surface area (Å²) >= 11 is 6.05. The number of carbonyl (C=O) groups excluding carboxylic acids is 1. The number of nitrogens with zero attached hydrogens (tertiary/aromatic N) is 2. The quantitative estimate of drug-likeness (QED) is 0.406. The van der Waals surface area contributed by atoms with E-state index in [1.807, 2.05) is 65.0 Å². The number of methoxy groups -OCH3 is 1. The van der Waals surface area contributed by atoms with Crippen molar-refractivity contribution in [3.05, 3.63) is 58.4 Å². The number of esters is 1. The van der Waals surface area contributed by atoms with E-state index in [4.69, 9.17) is 21.1 Å². The molecule has 0 radical (unpaired) electrons. The summed E-state index contributed by atoms with van der Waals surface area (Å²) in [5.74, 6) is 0.508. The zero-order valence-electron chi connectivity index (χ0n) is 19.6. The lowest BCUT2D eigenvalue weighted by atomic mass is 9.86. The Morgan fingerprint density at radius 3 is 2.42 bits per heavy atom. The van der Waals surface area contributed by atoms with Gasteiger partial charge in [-0.3, -0.25) is 4.79 Å². The van der Waals surface area contributed by atoms with Gasteiger partial charge < -0.3 is 14.0 Å². The van der Waals surface area contributed by atoms with Crippen molar-refractivity contribution >= 4 is 28.6 Å². The fraction of sp³-hybridized carbons (Fsp3) is 0.440. The molecule has 0 bridgehead atoms. The molecule has 168 valence electrons. The predicted octanol–water partition coefficient (Wildman–Crippen LogP) is 6.21. The van der Waals surface area contributed by atoms with Gasteiger partial charge >= 0.3 is 5.97 Å². The molecule has 0 spiro atoms. The third-order valence-electron chi connectivity index (χ3n) is 5.19. The van der Waals surface area contributed by atoms with Crippen molar-refractivity contribution in [1.82, 2.24) is 9.55 Å². The molecule has 0 unspecified atom stereocenters. The molecule has 2 heterocycles. The van der Waals surface area contributed by atoms with Gasteiger partial charge in [0.25, 0.3) is 0 Å². The van der Waals surface area contributed by atoms with Crippen LogP contribution in [0.25, 0.3) is 11.0 Å². The van der Waals surface area contributed by atoms with Gasteiger partial charge in [-0.2, -0.15) is 0 Å². The number of ether oxygens (including phenoxy) is 2. The first-order valence-corrected chi connectivity index (χ1v) is 11.1. The molecule has 0 aliphatic heterocycles. The van der Waals surface area contributed by atoms with E-state index >= 15 is 0 Å². The Morgan fingerprint density at radius 1 is 1.19 bits per heavy atom. The first-order chi connectivity index (χ1) is 14.8. The molecule has 0 aliphatic carbocycles. The number of carbonyl (C=O) groups is 1. The van der Waals surface area contributed by atoms with Gasteiger partial charge in [-0.25, -0.2) is 4.98 Å². The first kappa shape index (κ1) is 24.7. The van der Waals surface area contributed by atoms with E-state index < -0.39 is 5.41 Å². The molecule has 0 N–H and O–H groups in total. The van der Waals surface area contributed by atoms with Crippen molar-refractivity contribution in [1.29, 1.82) is 0 Å². The topological polar surface area (TPSA) is 53.4 Å². The third-order valence-corrected chi connectivity index (χ3v) is 5.44. The maximum atomic E-state index is 12.5. The van der Waals surface area contributed by atoms with Crippen LogP contribution in [0, 0.1) is 12.3 Å². The van der Waals surface area contributed by atoms with E-state index in [0.717, 1.165) is 27.9 Å². The zero-order chi connectivity index (χ0) is 23.2. The Bertz CT molecular complexity index is 1020. The molecule has 0 saturated carbocycles. The monoisotopic (exact) mass is 444 g/mol. The molecule has 6 heteroatoms. The molecular formula is C25H33ClN2O3. The van der Waals surface area contributed by atoms with E-state index in [1.54, 1.807) is 13.3 Å². The maximum Gasteiger partial charge on any atom is 0.311 e. The lowest BCUT2D eigenvalue weighted by Gasteiger charge is -2.24. The second-order valence-electron chi connectivity index (χ2n) is 7.81. The van der Waals surface area contributed by atoms with Crippen LogP contribution in [0.5, 0.6) is 5.75 Å². The fourth-order valence-electron chi connectivity index (χ4n) is 3.51. The van der Waals surface area contributed by atoms with Crippen molar-refractivity contribution in [2.24, 2.45) is 5.41 Å². The summed E-state index contributed by atoms with van der Waals surface area (Å²) in [5.41, 5.74) is 3.48. The number of aryl methyl sites for hydroxylation is 1. The van der Waals surface area contributed by atoms with Crippen molar-refractivity contribution < 1.29 is 14.3 Å². The molecule has 0 saturated heterocycles. The molecule has 0 amide bonds. The van der Waals surface area contributed by atoms with E-state index in [9.17, 15) is 4.79 Å². The van der Waals surface area contributed by atoms with Crippen LogP contribution in [0.15, 0.2) is 36.5 Å². The van der Waals surface area contributed by atoms with Crippen molar-refractivity contribution in [2.45, 2.75) is 54.5 Å². The highest BCUT2D eigenvalue weighted by molar-refractivity contribution is 6.30. The van der Waals surface area contributed by atoms with Crippen LogP contribution in [-0.2, 0) is 22.5 Å². The summed E-state index contributed by atoms with van der Waals surface area (Å²) in [6.45, 7) is 12.7. The number of hydrogen-bond acceptors (Lipinski definition) is 4. The summed E-state index contributed by atoms with van der Waals surface area (Å²) in [4.78, 5) is 17.2. The normalized spacial score (nSPS) is 11.1. The largest absolute Gasteiger partial charge is 0.495 e. The van der Waals surface area contributed by atoms with E-state index in [-0.39, 0.29) is 5.97 Å². The van der Waals surface area contributed by atoms with Gasteiger partial charge in [-0.05, 0) is 57.0 Å². The van der Waals surface area contributed by atoms with E-state index in [2.05, 4.69) is 16.5 Å². The number of pyridine rings is 1. The van der Waals surface area contributed by atoms with Crippen LogP contribution in [0.2, 0.25) is 5.02 Å². The molecule has 5 nitrogen and oxygen atoms in total. The highest BCUT2D eigenvalue weighted by atomic mass is 35.5. The first-order valence-electron chi connectivity index (χ1n) is 10.7. The maximum absolute atomic E-state index is 12.5. The van der Waals surface area contributed by atoms with Crippen LogP contribution in [0.4, 0.5) is 0 Å². The second-order valence-corrected chi connectivity index (χ2v) is 8.25. The summed E-state index contributed by atoms with van der Waals surface area (Å²) in [5, 5.41) is 1.72. The van der Waals surface area contributed by atoms with Crippen molar-refractivity contribution in [3.63, 3.8) is 0 Å². The molecule has 3 rings (SSSR count). The summed E-state index contributed by atoms with van der Waals surface area (Å²) in [6, 6.07) is 9.78. The minimum Gasteiger partial charge on any atom is -0.495 e. The highest BCUT2D eigenvalue weighted by Crippen LogP contribution is 2.33. The van der Waals surface area contributed by atoms with E-state index in [0.29, 0.717) is 30.3 Å².